The van der Waals surface area contributed by atoms with E-state index in [1.807, 2.05) is 30.3 Å². The average Bonchev–Trinajstić information content (AvgIpc) is 2.30. The fourth-order valence-electron chi connectivity index (χ4n) is 0.994. The van der Waals surface area contributed by atoms with E-state index in [4.69, 9.17) is 10.2 Å². The van der Waals surface area contributed by atoms with Crippen molar-refractivity contribution in [3.63, 3.8) is 0 Å². The van der Waals surface area contributed by atoms with Crippen molar-refractivity contribution >= 4 is 0 Å². The third-order valence-corrected chi connectivity index (χ3v) is 2.01. The van der Waals surface area contributed by atoms with E-state index < -0.39 is 18.8 Å². The van der Waals surface area contributed by atoms with Crippen LogP contribution >= 0.6 is 0 Å². The van der Waals surface area contributed by atoms with Crippen LogP contribution in [0, 0.1) is 11.8 Å². The minimum atomic E-state index is -1.50. The lowest BCUT2D eigenvalue weighted by Gasteiger charge is -2.19. The van der Waals surface area contributed by atoms with Gasteiger partial charge in [0.05, 0.1) is 13.2 Å². The summed E-state index contributed by atoms with van der Waals surface area (Å²) in [4.78, 5) is 0. The Morgan fingerprint density at radius 3 is 2.20 bits per heavy atom. The second-order valence-electron chi connectivity index (χ2n) is 3.39. The summed E-state index contributed by atoms with van der Waals surface area (Å²) < 4.78 is 0. The Kier molecular flexibility index (Phi) is 4.32. The lowest BCUT2D eigenvalue weighted by molar-refractivity contribution is -0.0505. The normalized spacial score (nSPS) is 10.6. The molecule has 0 aliphatic heterocycles. The van der Waals surface area contributed by atoms with Gasteiger partial charge in [0.15, 0.2) is 0 Å². The molecule has 0 bridgehead atoms. The quantitative estimate of drug-likeness (QED) is 0.617. The van der Waals surface area contributed by atoms with Crippen LogP contribution in [0.5, 0.6) is 0 Å². The molecule has 1 aromatic carbocycles. The number of hydrogen-bond donors (Lipinski definition) is 3. The van der Waals surface area contributed by atoms with Gasteiger partial charge in [-0.1, -0.05) is 30.0 Å². The molecule has 0 unspecified atom stereocenters. The van der Waals surface area contributed by atoms with Gasteiger partial charge in [-0.15, -0.1) is 0 Å². The number of rotatable bonds is 3. The number of benzene rings is 1. The summed E-state index contributed by atoms with van der Waals surface area (Å²) in [5.74, 6) is 5.56. The molecule has 0 aliphatic carbocycles. The van der Waals surface area contributed by atoms with Crippen LogP contribution in [-0.4, -0.2) is 34.1 Å². The van der Waals surface area contributed by atoms with Gasteiger partial charge in [0.2, 0.25) is 0 Å². The second kappa shape index (κ2) is 5.52. The fraction of sp³-hybridized carbons (Fsp3) is 0.333. The first-order valence-electron chi connectivity index (χ1n) is 4.68. The van der Waals surface area contributed by atoms with Gasteiger partial charge >= 0.3 is 0 Å². The zero-order valence-electron chi connectivity index (χ0n) is 8.35. The largest absolute Gasteiger partial charge is 0.393 e. The molecule has 0 amide bonds. The molecule has 3 heteroatoms. The zero-order valence-corrected chi connectivity index (χ0v) is 8.35. The summed E-state index contributed by atoms with van der Waals surface area (Å²) in [7, 11) is 0. The minimum Gasteiger partial charge on any atom is -0.393 e. The standard InChI is InChI=1S/C12H14O3/c13-9-12(15,10-14)8-4-7-11-5-2-1-3-6-11/h1-3,5-6,13-15H,8-10H2. The summed E-state index contributed by atoms with van der Waals surface area (Å²) in [6.07, 6.45) is 0.0505. The Hall–Kier alpha value is -1.34. The van der Waals surface area contributed by atoms with Crippen LogP contribution in [-0.2, 0) is 0 Å². The van der Waals surface area contributed by atoms with Gasteiger partial charge in [-0.05, 0) is 12.1 Å². The third-order valence-electron chi connectivity index (χ3n) is 2.01. The molecule has 0 heterocycles. The molecule has 0 fully saturated rings. The van der Waals surface area contributed by atoms with E-state index in [0.29, 0.717) is 0 Å². The van der Waals surface area contributed by atoms with Gasteiger partial charge in [0.1, 0.15) is 5.60 Å². The van der Waals surface area contributed by atoms with Gasteiger partial charge in [0.25, 0.3) is 0 Å². The van der Waals surface area contributed by atoms with E-state index in [0.717, 1.165) is 5.56 Å². The third kappa shape index (κ3) is 3.72. The smallest absolute Gasteiger partial charge is 0.121 e. The molecular weight excluding hydrogens is 192 g/mol. The molecule has 80 valence electrons. The molecule has 3 N–H and O–H groups in total. The number of aliphatic hydroxyl groups is 3. The molecule has 0 aliphatic rings. The van der Waals surface area contributed by atoms with Gasteiger partial charge in [-0.3, -0.25) is 0 Å². The van der Waals surface area contributed by atoms with Gasteiger partial charge in [-0.2, -0.15) is 0 Å². The molecular formula is C12H14O3. The predicted octanol–water partition coefficient (Wildman–Crippen LogP) is 0.144. The molecule has 0 spiro atoms. The van der Waals surface area contributed by atoms with Gasteiger partial charge in [0, 0.05) is 12.0 Å². The van der Waals surface area contributed by atoms with Crippen molar-refractivity contribution in [3.05, 3.63) is 35.9 Å². The van der Waals surface area contributed by atoms with E-state index in [2.05, 4.69) is 11.8 Å². The molecule has 0 aromatic heterocycles. The maximum atomic E-state index is 9.50. The Morgan fingerprint density at radius 1 is 1.07 bits per heavy atom. The maximum Gasteiger partial charge on any atom is 0.121 e. The van der Waals surface area contributed by atoms with Crippen LogP contribution in [0.2, 0.25) is 0 Å². The van der Waals surface area contributed by atoms with E-state index >= 15 is 0 Å². The molecule has 15 heavy (non-hydrogen) atoms. The second-order valence-corrected chi connectivity index (χ2v) is 3.39. The Balaban J connectivity index is 2.61. The molecule has 0 saturated carbocycles. The number of aliphatic hydroxyl groups excluding tert-OH is 2. The van der Waals surface area contributed by atoms with Crippen LogP contribution in [0.4, 0.5) is 0 Å². The average molecular weight is 206 g/mol. The van der Waals surface area contributed by atoms with Crippen molar-refractivity contribution in [2.45, 2.75) is 12.0 Å². The molecule has 0 radical (unpaired) electrons. The Morgan fingerprint density at radius 2 is 1.67 bits per heavy atom. The van der Waals surface area contributed by atoms with E-state index in [1.54, 1.807) is 0 Å². The monoisotopic (exact) mass is 206 g/mol. The van der Waals surface area contributed by atoms with Crippen molar-refractivity contribution in [1.82, 2.24) is 0 Å². The van der Waals surface area contributed by atoms with Crippen LogP contribution in [0.3, 0.4) is 0 Å². The molecule has 1 rings (SSSR count). The highest BCUT2D eigenvalue weighted by Crippen LogP contribution is 2.07. The summed E-state index contributed by atoms with van der Waals surface area (Å²) in [5.41, 5.74) is -0.655. The van der Waals surface area contributed by atoms with Crippen LogP contribution in [0.1, 0.15) is 12.0 Å². The maximum absolute atomic E-state index is 9.50. The van der Waals surface area contributed by atoms with Crippen molar-refractivity contribution in [1.29, 1.82) is 0 Å². The minimum absolute atomic E-state index is 0.0505. The van der Waals surface area contributed by atoms with Crippen LogP contribution in [0.25, 0.3) is 0 Å². The first-order chi connectivity index (χ1) is 7.20. The van der Waals surface area contributed by atoms with Gasteiger partial charge in [-0.25, -0.2) is 0 Å². The Labute approximate surface area is 89.0 Å². The summed E-state index contributed by atoms with van der Waals surface area (Å²) in [5, 5.41) is 27.1. The predicted molar refractivity (Wildman–Crippen MR) is 57.1 cm³/mol. The first kappa shape index (κ1) is 11.7. The van der Waals surface area contributed by atoms with Crippen LogP contribution in [0.15, 0.2) is 30.3 Å². The van der Waals surface area contributed by atoms with E-state index in [1.165, 1.54) is 0 Å². The fourth-order valence-corrected chi connectivity index (χ4v) is 0.994. The van der Waals surface area contributed by atoms with E-state index in [9.17, 15) is 5.11 Å². The molecule has 1 aromatic rings. The van der Waals surface area contributed by atoms with Crippen LogP contribution < -0.4 is 0 Å². The molecule has 0 atom stereocenters. The lowest BCUT2D eigenvalue weighted by atomic mass is 10.0. The lowest BCUT2D eigenvalue weighted by Crippen LogP contribution is -2.36. The number of hydrogen-bond acceptors (Lipinski definition) is 3. The molecule has 0 saturated heterocycles. The van der Waals surface area contributed by atoms with Crippen molar-refractivity contribution in [3.8, 4) is 11.8 Å². The summed E-state index contributed by atoms with van der Waals surface area (Å²) in [6.45, 7) is -0.986. The van der Waals surface area contributed by atoms with Gasteiger partial charge < -0.3 is 15.3 Å². The first-order valence-corrected chi connectivity index (χ1v) is 4.68. The Bertz CT molecular complexity index is 344. The SMILES string of the molecule is OCC(O)(CO)CC#Cc1ccccc1. The highest BCUT2D eigenvalue weighted by atomic mass is 16.4. The van der Waals surface area contributed by atoms with Crippen molar-refractivity contribution in [2.75, 3.05) is 13.2 Å². The highest BCUT2D eigenvalue weighted by Gasteiger charge is 2.23. The van der Waals surface area contributed by atoms with E-state index in [-0.39, 0.29) is 6.42 Å². The van der Waals surface area contributed by atoms with Crippen molar-refractivity contribution in [2.24, 2.45) is 0 Å². The molecule has 3 nitrogen and oxygen atoms in total. The topological polar surface area (TPSA) is 60.7 Å². The zero-order chi connectivity index (χ0) is 11.1. The summed E-state index contributed by atoms with van der Waals surface area (Å²) >= 11 is 0. The van der Waals surface area contributed by atoms with Crippen molar-refractivity contribution < 1.29 is 15.3 Å². The summed E-state index contributed by atoms with van der Waals surface area (Å²) in [6, 6.07) is 9.33. The highest BCUT2D eigenvalue weighted by molar-refractivity contribution is 5.33.